The monoisotopic (exact) mass is 527 g/mol. The SMILES string of the molecule is Cc1ccc(-n2[nH]c(C)c(N=NC3(C=C4SC(=O)NC4=O)C=CC=C(c4ccccc4O)C3)c2=O)cc1C. The fourth-order valence-corrected chi connectivity index (χ4v) is 5.12. The highest BCUT2D eigenvalue weighted by atomic mass is 32.2. The van der Waals surface area contributed by atoms with E-state index in [2.05, 4.69) is 20.6 Å². The van der Waals surface area contributed by atoms with E-state index in [1.54, 1.807) is 43.4 Å². The van der Waals surface area contributed by atoms with E-state index in [0.717, 1.165) is 28.5 Å². The van der Waals surface area contributed by atoms with Gasteiger partial charge in [-0.25, -0.2) is 4.68 Å². The number of aromatic amines is 1. The lowest BCUT2D eigenvalue weighted by molar-refractivity contribution is -0.115. The molecule has 10 heteroatoms. The predicted molar refractivity (Wildman–Crippen MR) is 147 cm³/mol. The van der Waals surface area contributed by atoms with Gasteiger partial charge in [0, 0.05) is 12.0 Å². The predicted octanol–water partition coefficient (Wildman–Crippen LogP) is 5.53. The van der Waals surface area contributed by atoms with Crippen molar-refractivity contribution in [3.8, 4) is 11.4 Å². The van der Waals surface area contributed by atoms with E-state index in [9.17, 15) is 19.5 Å². The molecule has 192 valence electrons. The first kappa shape index (κ1) is 25.2. The van der Waals surface area contributed by atoms with Gasteiger partial charge in [0.1, 0.15) is 11.3 Å². The van der Waals surface area contributed by atoms with Crippen LogP contribution in [0, 0.1) is 20.8 Å². The molecule has 0 bridgehead atoms. The number of carbonyl (C=O) groups excluding carboxylic acids is 2. The minimum Gasteiger partial charge on any atom is -0.507 e. The Kier molecular flexibility index (Phi) is 6.50. The van der Waals surface area contributed by atoms with Gasteiger partial charge in [0.15, 0.2) is 5.69 Å². The second-order valence-electron chi connectivity index (χ2n) is 9.28. The molecule has 0 radical (unpaired) electrons. The minimum atomic E-state index is -1.18. The van der Waals surface area contributed by atoms with Crippen LogP contribution >= 0.6 is 11.8 Å². The Morgan fingerprint density at radius 3 is 2.58 bits per heavy atom. The van der Waals surface area contributed by atoms with Crippen molar-refractivity contribution < 1.29 is 14.7 Å². The average molecular weight is 528 g/mol. The summed E-state index contributed by atoms with van der Waals surface area (Å²) in [6.45, 7) is 5.72. The molecule has 2 amide bonds. The van der Waals surface area contributed by atoms with Crippen molar-refractivity contribution in [2.24, 2.45) is 10.2 Å². The number of H-pyrrole nitrogens is 1. The van der Waals surface area contributed by atoms with Crippen molar-refractivity contribution in [2.45, 2.75) is 32.7 Å². The van der Waals surface area contributed by atoms with E-state index in [1.807, 2.05) is 44.2 Å². The Labute approximate surface area is 222 Å². The number of thioether (sulfide) groups is 1. The maximum absolute atomic E-state index is 13.3. The highest BCUT2D eigenvalue weighted by Crippen LogP contribution is 2.40. The number of nitrogens with zero attached hydrogens (tertiary/aromatic N) is 3. The van der Waals surface area contributed by atoms with Crippen LogP contribution < -0.4 is 10.9 Å². The van der Waals surface area contributed by atoms with Crippen LogP contribution in [0.4, 0.5) is 10.5 Å². The van der Waals surface area contributed by atoms with Crippen LogP contribution in [-0.4, -0.2) is 31.6 Å². The van der Waals surface area contributed by atoms with E-state index < -0.39 is 16.7 Å². The molecule has 1 aromatic heterocycles. The molecule has 1 unspecified atom stereocenters. The third-order valence-electron chi connectivity index (χ3n) is 6.55. The molecule has 5 rings (SSSR count). The maximum Gasteiger partial charge on any atom is 0.299 e. The van der Waals surface area contributed by atoms with Gasteiger partial charge in [0.05, 0.1) is 16.3 Å². The van der Waals surface area contributed by atoms with Gasteiger partial charge in [-0.2, -0.15) is 5.11 Å². The Balaban J connectivity index is 1.57. The van der Waals surface area contributed by atoms with Crippen LogP contribution in [0.2, 0.25) is 0 Å². The van der Waals surface area contributed by atoms with E-state index in [4.69, 9.17) is 0 Å². The summed E-state index contributed by atoms with van der Waals surface area (Å²) >= 11 is 0.783. The third-order valence-corrected chi connectivity index (χ3v) is 7.36. The summed E-state index contributed by atoms with van der Waals surface area (Å²) in [6, 6.07) is 12.6. The molecule has 3 aromatic rings. The number of azo groups is 1. The molecule has 0 saturated carbocycles. The molecule has 1 aliphatic heterocycles. The second kappa shape index (κ2) is 9.79. The lowest BCUT2D eigenvalue weighted by Crippen LogP contribution is -2.25. The molecule has 1 saturated heterocycles. The number of phenols is 1. The Morgan fingerprint density at radius 1 is 1.08 bits per heavy atom. The lowest BCUT2D eigenvalue weighted by atomic mass is 9.83. The van der Waals surface area contributed by atoms with Gasteiger partial charge < -0.3 is 5.11 Å². The number of amides is 2. The molecular weight excluding hydrogens is 502 g/mol. The van der Waals surface area contributed by atoms with Gasteiger partial charge in [0.25, 0.3) is 16.7 Å². The van der Waals surface area contributed by atoms with Crippen LogP contribution in [0.1, 0.15) is 28.8 Å². The van der Waals surface area contributed by atoms with Gasteiger partial charge in [-0.05, 0) is 73.5 Å². The summed E-state index contributed by atoms with van der Waals surface area (Å²) in [5.74, 6) is -0.412. The zero-order valence-corrected chi connectivity index (χ0v) is 21.8. The standard InChI is InChI=1S/C28H25N5O4S/c1-16-10-11-20(13-17(16)2)33-26(36)24(18(3)31-33)30-32-28(15-23-25(35)29-27(37)38-23)12-6-7-19(14-28)21-8-4-5-9-22(21)34/h4-13,15,31,34H,14H2,1-3H3,(H,29,35,37). The van der Waals surface area contributed by atoms with Crippen molar-refractivity contribution in [1.82, 2.24) is 15.1 Å². The lowest BCUT2D eigenvalue weighted by Gasteiger charge is -2.26. The van der Waals surface area contributed by atoms with Crippen molar-refractivity contribution in [1.29, 1.82) is 0 Å². The number of hydrogen-bond acceptors (Lipinski definition) is 7. The van der Waals surface area contributed by atoms with E-state index >= 15 is 0 Å². The fourth-order valence-electron chi connectivity index (χ4n) is 4.37. The zero-order valence-electron chi connectivity index (χ0n) is 21.0. The average Bonchev–Trinajstić information content (AvgIpc) is 3.35. The molecule has 2 aromatic carbocycles. The molecule has 1 aliphatic carbocycles. The topological polar surface area (TPSA) is 129 Å². The quantitative estimate of drug-likeness (QED) is 0.297. The number of aromatic nitrogens is 2. The Hall–Kier alpha value is -4.44. The highest BCUT2D eigenvalue weighted by molar-refractivity contribution is 8.18. The maximum atomic E-state index is 13.3. The van der Waals surface area contributed by atoms with Crippen LogP contribution in [0.3, 0.4) is 0 Å². The second-order valence-corrected chi connectivity index (χ2v) is 10.3. The summed E-state index contributed by atoms with van der Waals surface area (Å²) in [4.78, 5) is 37.7. The first-order valence-corrected chi connectivity index (χ1v) is 12.7. The highest BCUT2D eigenvalue weighted by Gasteiger charge is 2.35. The van der Waals surface area contributed by atoms with Gasteiger partial charge in [-0.1, -0.05) is 42.5 Å². The third kappa shape index (κ3) is 4.78. The number of phenolic OH excluding ortho intramolecular Hbond substituents is 1. The number of hydrogen-bond donors (Lipinski definition) is 3. The normalized spacial score (nSPS) is 20.4. The van der Waals surface area contributed by atoms with Gasteiger partial charge >= 0.3 is 0 Å². The van der Waals surface area contributed by atoms with Gasteiger partial charge in [-0.15, -0.1) is 5.11 Å². The number of carbonyl (C=O) groups is 2. The van der Waals surface area contributed by atoms with Crippen molar-refractivity contribution in [2.75, 3.05) is 0 Å². The van der Waals surface area contributed by atoms with Gasteiger partial charge in [-0.3, -0.25) is 24.8 Å². The molecular formula is C28H25N5O4S. The van der Waals surface area contributed by atoms with E-state index in [-0.39, 0.29) is 28.3 Å². The summed E-state index contributed by atoms with van der Waals surface area (Å²) in [5, 5.41) is 24.2. The molecule has 2 aliphatic rings. The van der Waals surface area contributed by atoms with E-state index in [0.29, 0.717) is 16.9 Å². The van der Waals surface area contributed by atoms with Crippen molar-refractivity contribution >= 4 is 34.2 Å². The molecule has 9 nitrogen and oxygen atoms in total. The first-order valence-electron chi connectivity index (χ1n) is 11.9. The van der Waals surface area contributed by atoms with Crippen molar-refractivity contribution in [3.63, 3.8) is 0 Å². The molecule has 1 atom stereocenters. The Bertz CT molecular complexity index is 1660. The minimum absolute atomic E-state index is 0.105. The smallest absolute Gasteiger partial charge is 0.299 e. The summed E-state index contributed by atoms with van der Waals surface area (Å²) in [7, 11) is 0. The van der Waals surface area contributed by atoms with Crippen LogP contribution in [-0.2, 0) is 4.79 Å². The summed E-state index contributed by atoms with van der Waals surface area (Å²) in [6.07, 6.45) is 7.19. The molecule has 1 fully saturated rings. The van der Waals surface area contributed by atoms with Crippen LogP contribution in [0.15, 0.2) is 86.7 Å². The van der Waals surface area contributed by atoms with Crippen LogP contribution in [0.5, 0.6) is 5.75 Å². The first-order chi connectivity index (χ1) is 18.2. The number of nitrogens with one attached hydrogen (secondary N) is 2. The Morgan fingerprint density at radius 2 is 1.87 bits per heavy atom. The van der Waals surface area contributed by atoms with E-state index in [1.165, 1.54) is 4.68 Å². The number of benzene rings is 2. The van der Waals surface area contributed by atoms with Crippen LogP contribution in [0.25, 0.3) is 11.3 Å². The molecule has 3 N–H and O–H groups in total. The summed E-state index contributed by atoms with van der Waals surface area (Å²) < 4.78 is 1.42. The number of allylic oxidation sites excluding steroid dienone is 2. The molecule has 0 spiro atoms. The largest absolute Gasteiger partial charge is 0.507 e. The van der Waals surface area contributed by atoms with Gasteiger partial charge in [0.2, 0.25) is 0 Å². The zero-order chi connectivity index (χ0) is 27.0. The van der Waals surface area contributed by atoms with Crippen molar-refractivity contribution in [3.05, 3.63) is 104 Å². The fraction of sp³-hybridized carbons (Fsp3) is 0.179. The number of imide groups is 1. The molecule has 2 heterocycles. The number of para-hydroxylation sites is 1. The molecule has 38 heavy (non-hydrogen) atoms. The number of aryl methyl sites for hydroxylation is 3. The number of rotatable bonds is 5. The summed E-state index contributed by atoms with van der Waals surface area (Å²) in [5.41, 5.74) is 3.33. The number of aromatic hydroxyl groups is 1.